The molecular weight excluding hydrogens is 403 g/mol. The van der Waals surface area contributed by atoms with Crippen molar-refractivity contribution in [2.24, 2.45) is 5.41 Å². The quantitative estimate of drug-likeness (QED) is 0.550. The summed E-state index contributed by atoms with van der Waals surface area (Å²) in [5, 5.41) is 6.58. The Balaban J connectivity index is 1.84. The van der Waals surface area contributed by atoms with Gasteiger partial charge in [-0.25, -0.2) is 0 Å². The minimum absolute atomic E-state index is 0.0116. The molecule has 7 heteroatoms. The third-order valence-electron chi connectivity index (χ3n) is 3.35. The molecule has 0 radical (unpaired) electrons. The highest BCUT2D eigenvalue weighted by Gasteiger charge is 2.15. The van der Waals surface area contributed by atoms with Gasteiger partial charge in [0, 0.05) is 32.7 Å². The fourth-order valence-corrected chi connectivity index (χ4v) is 3.52. The molecule has 4 nitrogen and oxygen atoms in total. The molecule has 0 aromatic heterocycles. The summed E-state index contributed by atoms with van der Waals surface area (Å²) in [7, 11) is 0. The molecule has 0 saturated carbocycles. The number of carbonyl (C=O) groups excluding carboxylic acids is 2. The lowest BCUT2D eigenvalue weighted by atomic mass is 9.92. The molecule has 0 spiro atoms. The number of carbonyl (C=O) groups is 2. The van der Waals surface area contributed by atoms with Crippen LogP contribution in [0.4, 0.5) is 11.4 Å². The standard InChI is InChI=1S/C20H22Cl2N2O2S/c1-20(2,3)11-18(25)23-15-4-6-17(7-5-15)27-12-19(26)24-16-9-13(21)8-14(22)10-16/h4-10H,11-12H2,1-3H3,(H,23,25)(H,24,26). The van der Waals surface area contributed by atoms with Gasteiger partial charge in [0.05, 0.1) is 5.75 Å². The van der Waals surface area contributed by atoms with Gasteiger partial charge in [0.2, 0.25) is 11.8 Å². The molecule has 2 rings (SSSR count). The Labute approximate surface area is 174 Å². The number of hydrogen-bond acceptors (Lipinski definition) is 3. The number of rotatable bonds is 6. The summed E-state index contributed by atoms with van der Waals surface area (Å²) in [5.41, 5.74) is 1.25. The van der Waals surface area contributed by atoms with E-state index in [2.05, 4.69) is 10.6 Å². The van der Waals surface area contributed by atoms with Crippen LogP contribution in [0.25, 0.3) is 0 Å². The van der Waals surface area contributed by atoms with Crippen LogP contribution in [0, 0.1) is 5.41 Å². The van der Waals surface area contributed by atoms with Gasteiger partial charge in [-0.15, -0.1) is 11.8 Å². The van der Waals surface area contributed by atoms with E-state index in [9.17, 15) is 9.59 Å². The second kappa shape index (κ2) is 9.49. The van der Waals surface area contributed by atoms with Gasteiger partial charge >= 0.3 is 0 Å². The van der Waals surface area contributed by atoms with Crippen molar-refractivity contribution in [3.63, 3.8) is 0 Å². The van der Waals surface area contributed by atoms with Crippen molar-refractivity contribution < 1.29 is 9.59 Å². The fraction of sp³-hybridized carbons (Fsp3) is 0.300. The van der Waals surface area contributed by atoms with Crippen LogP contribution in [0.3, 0.4) is 0 Å². The smallest absolute Gasteiger partial charge is 0.234 e. The van der Waals surface area contributed by atoms with Crippen LogP contribution in [0.5, 0.6) is 0 Å². The van der Waals surface area contributed by atoms with Crippen LogP contribution in [0.2, 0.25) is 10.0 Å². The van der Waals surface area contributed by atoms with Crippen LogP contribution in [0.1, 0.15) is 27.2 Å². The molecule has 2 aromatic rings. The lowest BCUT2D eigenvalue weighted by Crippen LogP contribution is -2.19. The molecule has 0 aliphatic heterocycles. The first-order valence-corrected chi connectivity index (χ1v) is 10.1. The maximum atomic E-state index is 12.1. The molecule has 144 valence electrons. The molecule has 0 saturated heterocycles. The molecule has 2 aromatic carbocycles. The number of hydrogen-bond donors (Lipinski definition) is 2. The zero-order valence-corrected chi connectivity index (χ0v) is 17.8. The molecule has 0 unspecified atom stereocenters. The molecule has 27 heavy (non-hydrogen) atoms. The molecule has 0 aliphatic carbocycles. The largest absolute Gasteiger partial charge is 0.326 e. The highest BCUT2D eigenvalue weighted by molar-refractivity contribution is 8.00. The van der Waals surface area contributed by atoms with Crippen LogP contribution < -0.4 is 10.6 Å². The molecule has 2 amide bonds. The summed E-state index contributed by atoms with van der Waals surface area (Å²) in [6.45, 7) is 6.07. The first-order chi connectivity index (χ1) is 12.6. The summed E-state index contributed by atoms with van der Waals surface area (Å²) in [5.74, 6) is 0.0863. The zero-order valence-electron chi connectivity index (χ0n) is 15.4. The Bertz CT molecular complexity index is 797. The van der Waals surface area contributed by atoms with E-state index in [-0.39, 0.29) is 23.0 Å². The van der Waals surface area contributed by atoms with Gasteiger partial charge < -0.3 is 10.6 Å². The van der Waals surface area contributed by atoms with Gasteiger partial charge in [0.25, 0.3) is 0 Å². The lowest BCUT2D eigenvalue weighted by molar-refractivity contribution is -0.118. The van der Waals surface area contributed by atoms with Gasteiger partial charge in [-0.1, -0.05) is 44.0 Å². The maximum Gasteiger partial charge on any atom is 0.234 e. The number of halogens is 2. The van der Waals surface area contributed by atoms with E-state index in [1.807, 2.05) is 45.0 Å². The summed E-state index contributed by atoms with van der Waals surface area (Å²) in [6.07, 6.45) is 0.456. The van der Waals surface area contributed by atoms with E-state index in [0.717, 1.165) is 10.6 Å². The van der Waals surface area contributed by atoms with Gasteiger partial charge in [0.1, 0.15) is 0 Å². The van der Waals surface area contributed by atoms with Crippen LogP contribution in [-0.2, 0) is 9.59 Å². The van der Waals surface area contributed by atoms with Gasteiger partial charge in [-0.3, -0.25) is 9.59 Å². The Morgan fingerprint density at radius 2 is 1.44 bits per heavy atom. The normalized spacial score (nSPS) is 11.1. The SMILES string of the molecule is CC(C)(C)CC(=O)Nc1ccc(SCC(=O)Nc2cc(Cl)cc(Cl)c2)cc1. The second-order valence-electron chi connectivity index (χ2n) is 7.30. The minimum atomic E-state index is -0.152. The molecule has 0 fully saturated rings. The topological polar surface area (TPSA) is 58.2 Å². The monoisotopic (exact) mass is 424 g/mol. The number of nitrogens with one attached hydrogen (secondary N) is 2. The molecule has 0 atom stereocenters. The highest BCUT2D eigenvalue weighted by atomic mass is 35.5. The van der Waals surface area contributed by atoms with E-state index in [1.165, 1.54) is 11.8 Å². The Kier molecular flexibility index (Phi) is 7.59. The first kappa shape index (κ1) is 21.6. The number of thioether (sulfide) groups is 1. The Morgan fingerprint density at radius 1 is 0.889 bits per heavy atom. The Morgan fingerprint density at radius 3 is 2.00 bits per heavy atom. The third-order valence-corrected chi connectivity index (χ3v) is 4.79. The van der Waals surface area contributed by atoms with E-state index in [1.54, 1.807) is 18.2 Å². The third kappa shape index (κ3) is 8.24. The lowest BCUT2D eigenvalue weighted by Gasteiger charge is -2.17. The predicted octanol–water partition coefficient (Wildman–Crippen LogP) is 6.10. The number of anilines is 2. The van der Waals surface area contributed by atoms with E-state index in [0.29, 0.717) is 22.2 Å². The molecule has 2 N–H and O–H groups in total. The molecule has 0 bridgehead atoms. The highest BCUT2D eigenvalue weighted by Crippen LogP contribution is 2.24. The molecule has 0 heterocycles. The summed E-state index contributed by atoms with van der Waals surface area (Å²) >= 11 is 13.2. The minimum Gasteiger partial charge on any atom is -0.326 e. The van der Waals surface area contributed by atoms with E-state index >= 15 is 0 Å². The van der Waals surface area contributed by atoms with Crippen molar-refractivity contribution in [3.8, 4) is 0 Å². The molecule has 0 aliphatic rings. The Hall–Kier alpha value is -1.69. The van der Waals surface area contributed by atoms with Crippen molar-refractivity contribution in [2.75, 3.05) is 16.4 Å². The van der Waals surface area contributed by atoms with Crippen molar-refractivity contribution in [3.05, 3.63) is 52.5 Å². The average Bonchev–Trinajstić information content (AvgIpc) is 2.51. The van der Waals surface area contributed by atoms with Crippen molar-refractivity contribution in [2.45, 2.75) is 32.1 Å². The zero-order chi connectivity index (χ0) is 20.0. The summed E-state index contributed by atoms with van der Waals surface area (Å²) in [6, 6.07) is 12.3. The molecular formula is C20H22Cl2N2O2S. The van der Waals surface area contributed by atoms with Gasteiger partial charge in [-0.2, -0.15) is 0 Å². The van der Waals surface area contributed by atoms with Crippen LogP contribution >= 0.6 is 35.0 Å². The number of amides is 2. The van der Waals surface area contributed by atoms with Crippen molar-refractivity contribution in [1.29, 1.82) is 0 Å². The van der Waals surface area contributed by atoms with Crippen molar-refractivity contribution >= 4 is 58.2 Å². The van der Waals surface area contributed by atoms with Crippen LogP contribution in [-0.4, -0.2) is 17.6 Å². The summed E-state index contributed by atoms with van der Waals surface area (Å²) < 4.78 is 0. The summed E-state index contributed by atoms with van der Waals surface area (Å²) in [4.78, 5) is 25.0. The van der Waals surface area contributed by atoms with Crippen molar-refractivity contribution in [1.82, 2.24) is 0 Å². The average molecular weight is 425 g/mol. The van der Waals surface area contributed by atoms with Gasteiger partial charge in [0.15, 0.2) is 0 Å². The number of benzene rings is 2. The fourth-order valence-electron chi connectivity index (χ4n) is 2.29. The first-order valence-electron chi connectivity index (χ1n) is 8.39. The van der Waals surface area contributed by atoms with E-state index in [4.69, 9.17) is 23.2 Å². The van der Waals surface area contributed by atoms with Gasteiger partial charge in [-0.05, 0) is 47.9 Å². The van der Waals surface area contributed by atoms with Crippen LogP contribution in [0.15, 0.2) is 47.4 Å². The van der Waals surface area contributed by atoms with E-state index < -0.39 is 0 Å². The maximum absolute atomic E-state index is 12.1. The second-order valence-corrected chi connectivity index (χ2v) is 9.23. The predicted molar refractivity (Wildman–Crippen MR) is 115 cm³/mol.